The Balaban J connectivity index is 1.06. The van der Waals surface area contributed by atoms with Crippen molar-refractivity contribution in [2.75, 3.05) is 74.1 Å². The first kappa shape index (κ1) is 68.3. The minimum atomic E-state index is -1.13. The zero-order valence-electron chi connectivity index (χ0n) is 52.2. The molecule has 20 nitrogen and oxygen atoms in total. The van der Waals surface area contributed by atoms with Gasteiger partial charge in [0.15, 0.2) is 0 Å². The molecule has 8 rings (SSSR count). The van der Waals surface area contributed by atoms with Crippen molar-refractivity contribution in [2.24, 2.45) is 0 Å². The summed E-state index contributed by atoms with van der Waals surface area (Å²) in [4.78, 5) is 48.6. The van der Waals surface area contributed by atoms with Crippen LogP contribution in [-0.2, 0) is 25.6 Å². The van der Waals surface area contributed by atoms with Crippen LogP contribution in [0.3, 0.4) is 0 Å². The smallest absolute Gasteiger partial charge is 0.250 e. The molecular formula is C73H76N4O16. The SMILES string of the molecule is C=C(C)C(=O)Nc1ccc(OCC(O)COc2ccc3ccc(OCC(O)COc4ccc(NC(=O)C(=C)C)cc4)c(Cc4c(OCC(O)COc5ccc(NC(=O)C(=C)C)cc5)ccc5ccc(OCC(O)COc6ccc(NC(=O)C(=C)C)cc6)cc45)c3c2)cc1. The summed E-state index contributed by atoms with van der Waals surface area (Å²) in [6, 6.07) is 45.0. The summed E-state index contributed by atoms with van der Waals surface area (Å²) in [5, 5.41) is 58.9. The Hall–Kier alpha value is -10.6. The number of benzene rings is 8. The highest BCUT2D eigenvalue weighted by Gasteiger charge is 2.21. The summed E-state index contributed by atoms with van der Waals surface area (Å²) in [6.45, 7) is 19.9. The molecule has 0 heterocycles. The lowest BCUT2D eigenvalue weighted by Gasteiger charge is -2.21. The fraction of sp³-hybridized carbons (Fsp3) is 0.233. The summed E-state index contributed by atoms with van der Waals surface area (Å²) in [5.74, 6) is 2.14. The van der Waals surface area contributed by atoms with E-state index in [4.69, 9.17) is 37.9 Å². The molecule has 0 aliphatic carbocycles. The van der Waals surface area contributed by atoms with E-state index in [9.17, 15) is 39.6 Å². The van der Waals surface area contributed by atoms with Crippen LogP contribution in [-0.4, -0.2) is 121 Å². The van der Waals surface area contributed by atoms with Gasteiger partial charge in [-0.25, -0.2) is 0 Å². The number of rotatable bonds is 34. The Bertz CT molecular complexity index is 3700. The summed E-state index contributed by atoms with van der Waals surface area (Å²) in [6.07, 6.45) is -4.27. The van der Waals surface area contributed by atoms with Crippen LogP contribution in [0.5, 0.6) is 46.0 Å². The molecule has 0 saturated heterocycles. The van der Waals surface area contributed by atoms with E-state index in [0.717, 1.165) is 10.8 Å². The van der Waals surface area contributed by atoms with Gasteiger partial charge in [0.1, 0.15) is 123 Å². The topological polar surface area (TPSA) is 271 Å². The van der Waals surface area contributed by atoms with E-state index in [1.165, 1.54) is 0 Å². The zero-order chi connectivity index (χ0) is 66.6. The molecule has 4 unspecified atom stereocenters. The molecule has 0 radical (unpaired) electrons. The fourth-order valence-electron chi connectivity index (χ4n) is 8.88. The highest BCUT2D eigenvalue weighted by molar-refractivity contribution is 6.04. The van der Waals surface area contributed by atoms with Crippen molar-refractivity contribution in [3.05, 3.63) is 217 Å². The summed E-state index contributed by atoms with van der Waals surface area (Å²) < 4.78 is 49.1. The Morgan fingerprint density at radius 2 is 0.538 bits per heavy atom. The Kier molecular flexibility index (Phi) is 24.2. The summed E-state index contributed by atoms with van der Waals surface area (Å²) >= 11 is 0. The van der Waals surface area contributed by atoms with Crippen LogP contribution in [0.25, 0.3) is 21.5 Å². The van der Waals surface area contributed by atoms with Gasteiger partial charge in [0.25, 0.3) is 23.6 Å². The van der Waals surface area contributed by atoms with Gasteiger partial charge >= 0.3 is 0 Å². The van der Waals surface area contributed by atoms with Crippen LogP contribution < -0.4 is 59.2 Å². The fourth-order valence-corrected chi connectivity index (χ4v) is 8.88. The van der Waals surface area contributed by atoms with Crippen LogP contribution in [0.4, 0.5) is 22.7 Å². The maximum atomic E-state index is 12.2. The molecule has 20 heteroatoms. The van der Waals surface area contributed by atoms with Crippen molar-refractivity contribution in [2.45, 2.75) is 58.5 Å². The highest BCUT2D eigenvalue weighted by Crippen LogP contribution is 2.39. The van der Waals surface area contributed by atoms with Crippen molar-refractivity contribution in [3.8, 4) is 46.0 Å². The van der Waals surface area contributed by atoms with Crippen molar-refractivity contribution < 1.29 is 77.5 Å². The number of aliphatic hydroxyl groups excluding tert-OH is 4. The van der Waals surface area contributed by atoms with Gasteiger partial charge < -0.3 is 79.6 Å². The highest BCUT2D eigenvalue weighted by atomic mass is 16.5. The standard InChI is InChI=1S/C73H76N4O16/c1-44(2)70(82)74-50-13-23-58(24-14-50)86-36-54(78)40-90-62-21-9-48-11-31-68(92-42-56(80)38-88-60-27-17-52(18-28-60)76-72(84)46(5)6)66(64(48)33-62)35-67-65-34-63(91-41-55(79)37-87-59-25-15-51(16-26-59)75-71(83)45(3)4)22-10-49(65)12-32-69(67)93-43-57(81)39-89-61-29-19-53(20-30-61)77-73(85)47(7)8/h9-34,54-57,78-81H,1,3,5,7,35-43H2,2,4,6,8H3,(H,74,82)(H,75,83)(H,76,84)(H,77,85). The first-order chi connectivity index (χ1) is 44.6. The maximum absolute atomic E-state index is 12.2. The number of carbonyl (C=O) groups is 4. The second kappa shape index (κ2) is 32.9. The van der Waals surface area contributed by atoms with Gasteiger partial charge in [0, 0.05) is 62.6 Å². The Morgan fingerprint density at radius 1 is 0.323 bits per heavy atom. The number of ether oxygens (including phenoxy) is 8. The molecule has 4 atom stereocenters. The van der Waals surface area contributed by atoms with Gasteiger partial charge in [-0.3, -0.25) is 19.2 Å². The molecular weight excluding hydrogens is 1190 g/mol. The summed E-state index contributed by atoms with van der Waals surface area (Å²) in [7, 11) is 0. The van der Waals surface area contributed by atoms with Crippen molar-refractivity contribution in [3.63, 3.8) is 0 Å². The first-order valence-electron chi connectivity index (χ1n) is 29.8. The largest absolute Gasteiger partial charge is 0.491 e. The summed E-state index contributed by atoms with van der Waals surface area (Å²) in [5.41, 5.74) is 4.91. The second-order valence-corrected chi connectivity index (χ2v) is 22.2. The zero-order valence-corrected chi connectivity index (χ0v) is 52.2. The number of nitrogens with one attached hydrogen (secondary N) is 4. The molecule has 93 heavy (non-hydrogen) atoms. The third kappa shape index (κ3) is 20.7. The van der Waals surface area contributed by atoms with E-state index < -0.39 is 24.4 Å². The van der Waals surface area contributed by atoms with Crippen LogP contribution in [0, 0.1) is 0 Å². The lowest BCUT2D eigenvalue weighted by atomic mass is 9.93. The third-order valence-corrected chi connectivity index (χ3v) is 14.0. The van der Waals surface area contributed by atoms with E-state index >= 15 is 0 Å². The van der Waals surface area contributed by atoms with E-state index in [0.29, 0.717) is 113 Å². The molecule has 0 aromatic heterocycles. The van der Waals surface area contributed by atoms with E-state index in [-0.39, 0.29) is 82.9 Å². The number of amides is 4. The molecule has 0 bridgehead atoms. The van der Waals surface area contributed by atoms with Crippen molar-refractivity contribution in [1.82, 2.24) is 0 Å². The van der Waals surface area contributed by atoms with Gasteiger partial charge in [-0.1, -0.05) is 50.6 Å². The number of fused-ring (bicyclic) bond motifs is 2. The number of hydrogen-bond donors (Lipinski definition) is 8. The molecule has 0 saturated carbocycles. The molecule has 0 spiro atoms. The number of anilines is 4. The molecule has 0 fully saturated rings. The predicted molar refractivity (Wildman–Crippen MR) is 358 cm³/mol. The van der Waals surface area contributed by atoms with E-state index in [1.807, 2.05) is 36.4 Å². The normalized spacial score (nSPS) is 12.2. The number of aliphatic hydroxyl groups is 4. The minimum Gasteiger partial charge on any atom is -0.491 e. The van der Waals surface area contributed by atoms with Crippen LogP contribution >= 0.6 is 0 Å². The second-order valence-electron chi connectivity index (χ2n) is 22.2. The van der Waals surface area contributed by atoms with E-state index in [1.54, 1.807) is 149 Å². The third-order valence-electron chi connectivity index (χ3n) is 14.0. The van der Waals surface area contributed by atoms with Gasteiger partial charge in [-0.2, -0.15) is 0 Å². The molecule has 484 valence electrons. The van der Waals surface area contributed by atoms with Gasteiger partial charge in [-0.15, -0.1) is 0 Å². The van der Waals surface area contributed by atoms with Gasteiger partial charge in [0.2, 0.25) is 0 Å². The average molecular weight is 1270 g/mol. The predicted octanol–water partition coefficient (Wildman–Crippen LogP) is 10.9. The van der Waals surface area contributed by atoms with Crippen LogP contribution in [0.1, 0.15) is 38.8 Å². The number of hydrogen-bond acceptors (Lipinski definition) is 16. The molecule has 0 aliphatic rings. The quantitative estimate of drug-likeness (QED) is 0.0174. The van der Waals surface area contributed by atoms with Crippen LogP contribution in [0.15, 0.2) is 206 Å². The van der Waals surface area contributed by atoms with Crippen molar-refractivity contribution in [1.29, 1.82) is 0 Å². The van der Waals surface area contributed by atoms with E-state index in [2.05, 4.69) is 47.6 Å². The molecule has 8 N–H and O–H groups in total. The average Bonchev–Trinajstić information content (AvgIpc) is 0.860. The molecule has 8 aromatic carbocycles. The maximum Gasteiger partial charge on any atom is 0.250 e. The lowest BCUT2D eigenvalue weighted by molar-refractivity contribution is -0.113. The van der Waals surface area contributed by atoms with Gasteiger partial charge in [0.05, 0.1) is 0 Å². The Labute approximate surface area is 539 Å². The molecule has 0 aliphatic heterocycles. The molecule has 4 amide bonds. The van der Waals surface area contributed by atoms with Gasteiger partial charge in [-0.05, 0) is 183 Å². The monoisotopic (exact) mass is 1260 g/mol. The molecule has 8 aromatic rings. The Morgan fingerprint density at radius 3 is 0.785 bits per heavy atom. The minimum absolute atomic E-state index is 0.110. The lowest BCUT2D eigenvalue weighted by Crippen LogP contribution is -2.25. The van der Waals surface area contributed by atoms with Crippen molar-refractivity contribution >= 4 is 67.9 Å². The number of carbonyl (C=O) groups excluding carboxylic acids is 4. The first-order valence-corrected chi connectivity index (χ1v) is 29.8. The van der Waals surface area contributed by atoms with Crippen LogP contribution in [0.2, 0.25) is 0 Å².